The number of hydrogen-bond donors (Lipinski definition) is 2. The zero-order valence-corrected chi connectivity index (χ0v) is 13.0. The van der Waals surface area contributed by atoms with Crippen molar-refractivity contribution >= 4 is 40.5 Å². The number of thiazole rings is 1. The van der Waals surface area contributed by atoms with Crippen molar-refractivity contribution in [3.05, 3.63) is 44.9 Å². The fourth-order valence-corrected chi connectivity index (χ4v) is 2.70. The first-order chi connectivity index (χ1) is 9.90. The minimum atomic E-state index is -1.10. The molecule has 0 fully saturated rings. The van der Waals surface area contributed by atoms with Crippen LogP contribution in [0.3, 0.4) is 0 Å². The molecule has 0 aliphatic carbocycles. The number of halogens is 1. The number of rotatable bonds is 4. The standard InChI is InChI=1S/C14H13ClN2O3S/c1-7-9(15)4-3-5-10(7)16-12(18)8(2)13-17-11(6-21-13)14(19)20/h3-6,8H,1-2H3,(H,16,18)(H,19,20). The number of aromatic carboxylic acids is 1. The van der Waals surface area contributed by atoms with Gasteiger partial charge in [0.25, 0.3) is 0 Å². The molecule has 1 amide bonds. The molecule has 0 saturated heterocycles. The number of benzene rings is 1. The van der Waals surface area contributed by atoms with Crippen LogP contribution >= 0.6 is 22.9 Å². The van der Waals surface area contributed by atoms with Gasteiger partial charge in [-0.1, -0.05) is 17.7 Å². The Labute approximate surface area is 130 Å². The third-order valence-corrected chi connectivity index (χ3v) is 4.47. The first-order valence-electron chi connectivity index (χ1n) is 6.15. The predicted molar refractivity (Wildman–Crippen MR) is 82.3 cm³/mol. The summed E-state index contributed by atoms with van der Waals surface area (Å²) in [6.45, 7) is 3.49. The lowest BCUT2D eigenvalue weighted by molar-refractivity contribution is -0.117. The van der Waals surface area contributed by atoms with E-state index in [9.17, 15) is 9.59 Å². The SMILES string of the molecule is Cc1c(Cl)cccc1NC(=O)C(C)c1nc(C(=O)O)cs1. The number of anilines is 1. The molecule has 5 nitrogen and oxygen atoms in total. The molecule has 1 unspecified atom stereocenters. The summed E-state index contributed by atoms with van der Waals surface area (Å²) in [6, 6.07) is 5.26. The van der Waals surface area contributed by atoms with Crippen molar-refractivity contribution in [2.45, 2.75) is 19.8 Å². The number of nitrogens with zero attached hydrogens (tertiary/aromatic N) is 1. The molecular weight excluding hydrogens is 312 g/mol. The van der Waals surface area contributed by atoms with Gasteiger partial charge in [-0.25, -0.2) is 9.78 Å². The number of aromatic nitrogens is 1. The zero-order valence-electron chi connectivity index (χ0n) is 11.4. The summed E-state index contributed by atoms with van der Waals surface area (Å²) < 4.78 is 0. The molecule has 0 spiro atoms. The van der Waals surface area contributed by atoms with Crippen LogP contribution < -0.4 is 5.32 Å². The summed E-state index contributed by atoms with van der Waals surface area (Å²) in [5.41, 5.74) is 1.37. The van der Waals surface area contributed by atoms with Crippen LogP contribution in [0.2, 0.25) is 5.02 Å². The Hall–Kier alpha value is -1.92. The number of carbonyl (C=O) groups is 2. The van der Waals surface area contributed by atoms with Crippen LogP contribution in [0.4, 0.5) is 5.69 Å². The molecule has 110 valence electrons. The number of carboxylic acids is 1. The van der Waals surface area contributed by atoms with E-state index in [0.717, 1.165) is 16.9 Å². The van der Waals surface area contributed by atoms with Crippen molar-refractivity contribution < 1.29 is 14.7 Å². The molecule has 1 heterocycles. The minimum absolute atomic E-state index is 0.0476. The average molecular weight is 325 g/mol. The zero-order chi connectivity index (χ0) is 15.6. The van der Waals surface area contributed by atoms with Gasteiger partial charge in [-0.15, -0.1) is 11.3 Å². The normalized spacial score (nSPS) is 12.0. The monoisotopic (exact) mass is 324 g/mol. The van der Waals surface area contributed by atoms with Gasteiger partial charge in [0, 0.05) is 16.1 Å². The number of amides is 1. The Bertz CT molecular complexity index is 699. The van der Waals surface area contributed by atoms with Crippen LogP contribution in [0.25, 0.3) is 0 Å². The van der Waals surface area contributed by atoms with Gasteiger partial charge in [0.15, 0.2) is 5.69 Å². The molecule has 0 aliphatic heterocycles. The van der Waals surface area contributed by atoms with Crippen molar-refractivity contribution in [1.29, 1.82) is 0 Å². The molecule has 2 N–H and O–H groups in total. The molecule has 2 rings (SSSR count). The summed E-state index contributed by atoms with van der Waals surface area (Å²) in [5, 5.41) is 14.1. The van der Waals surface area contributed by atoms with E-state index < -0.39 is 11.9 Å². The first kappa shape index (κ1) is 15.5. The van der Waals surface area contributed by atoms with Gasteiger partial charge in [0.2, 0.25) is 5.91 Å². The Balaban J connectivity index is 2.15. The Kier molecular flexibility index (Phi) is 4.59. The van der Waals surface area contributed by atoms with E-state index >= 15 is 0 Å². The van der Waals surface area contributed by atoms with Crippen LogP contribution in [0.1, 0.15) is 33.9 Å². The second-order valence-corrected chi connectivity index (χ2v) is 5.80. The maximum absolute atomic E-state index is 12.2. The largest absolute Gasteiger partial charge is 0.476 e. The van der Waals surface area contributed by atoms with Crippen LogP contribution in [-0.4, -0.2) is 22.0 Å². The van der Waals surface area contributed by atoms with E-state index in [-0.39, 0.29) is 11.6 Å². The second-order valence-electron chi connectivity index (χ2n) is 4.50. The van der Waals surface area contributed by atoms with Gasteiger partial charge in [-0.05, 0) is 31.5 Å². The molecule has 1 aromatic heterocycles. The van der Waals surface area contributed by atoms with Gasteiger partial charge in [-0.2, -0.15) is 0 Å². The molecule has 0 aliphatic rings. The van der Waals surface area contributed by atoms with E-state index in [1.165, 1.54) is 5.38 Å². The van der Waals surface area contributed by atoms with Crippen molar-refractivity contribution in [2.24, 2.45) is 0 Å². The quantitative estimate of drug-likeness (QED) is 0.901. The van der Waals surface area contributed by atoms with Crippen molar-refractivity contribution in [3.63, 3.8) is 0 Å². The third kappa shape index (κ3) is 3.40. The predicted octanol–water partition coefficient (Wildman–Crippen LogP) is 3.55. The molecule has 0 saturated carbocycles. The Morgan fingerprint density at radius 2 is 2.14 bits per heavy atom. The third-order valence-electron chi connectivity index (χ3n) is 3.03. The van der Waals surface area contributed by atoms with E-state index in [1.807, 2.05) is 6.92 Å². The van der Waals surface area contributed by atoms with Gasteiger partial charge in [-0.3, -0.25) is 4.79 Å². The van der Waals surface area contributed by atoms with E-state index in [0.29, 0.717) is 15.7 Å². The second kappa shape index (κ2) is 6.24. The van der Waals surface area contributed by atoms with Crippen molar-refractivity contribution in [3.8, 4) is 0 Å². The molecule has 0 radical (unpaired) electrons. The topological polar surface area (TPSA) is 79.3 Å². The minimum Gasteiger partial charge on any atom is -0.476 e. The Morgan fingerprint density at radius 3 is 2.76 bits per heavy atom. The van der Waals surface area contributed by atoms with Crippen molar-refractivity contribution in [2.75, 3.05) is 5.32 Å². The molecule has 2 aromatic rings. The highest BCUT2D eigenvalue weighted by atomic mass is 35.5. The lowest BCUT2D eigenvalue weighted by Crippen LogP contribution is -2.19. The average Bonchev–Trinajstić information content (AvgIpc) is 2.93. The molecule has 7 heteroatoms. The lowest BCUT2D eigenvalue weighted by atomic mass is 10.1. The molecule has 0 bridgehead atoms. The lowest BCUT2D eigenvalue weighted by Gasteiger charge is -2.12. The fraction of sp³-hybridized carbons (Fsp3) is 0.214. The van der Waals surface area contributed by atoms with E-state index in [2.05, 4.69) is 10.3 Å². The highest BCUT2D eigenvalue weighted by molar-refractivity contribution is 7.10. The van der Waals surface area contributed by atoms with Gasteiger partial charge in [0.1, 0.15) is 5.01 Å². The molecule has 1 atom stereocenters. The van der Waals surface area contributed by atoms with E-state index in [1.54, 1.807) is 25.1 Å². The highest BCUT2D eigenvalue weighted by Crippen LogP contribution is 2.26. The van der Waals surface area contributed by atoms with E-state index in [4.69, 9.17) is 16.7 Å². The summed E-state index contributed by atoms with van der Waals surface area (Å²) in [6.07, 6.45) is 0. The van der Waals surface area contributed by atoms with Crippen LogP contribution in [0.15, 0.2) is 23.6 Å². The number of carboxylic acid groups (broad SMARTS) is 1. The highest BCUT2D eigenvalue weighted by Gasteiger charge is 2.21. The molecule has 21 heavy (non-hydrogen) atoms. The van der Waals surface area contributed by atoms with Gasteiger partial charge < -0.3 is 10.4 Å². The summed E-state index contributed by atoms with van der Waals surface area (Å²) in [4.78, 5) is 27.0. The molecular formula is C14H13ClN2O3S. The summed E-state index contributed by atoms with van der Waals surface area (Å²) in [5.74, 6) is -1.90. The van der Waals surface area contributed by atoms with Crippen LogP contribution in [0, 0.1) is 6.92 Å². The number of carbonyl (C=O) groups excluding carboxylic acids is 1. The number of hydrogen-bond acceptors (Lipinski definition) is 4. The molecule has 1 aromatic carbocycles. The smallest absolute Gasteiger partial charge is 0.355 e. The van der Waals surface area contributed by atoms with Gasteiger partial charge >= 0.3 is 5.97 Å². The summed E-state index contributed by atoms with van der Waals surface area (Å²) in [7, 11) is 0. The van der Waals surface area contributed by atoms with Crippen LogP contribution in [0.5, 0.6) is 0 Å². The van der Waals surface area contributed by atoms with Crippen LogP contribution in [-0.2, 0) is 4.79 Å². The summed E-state index contributed by atoms with van der Waals surface area (Å²) >= 11 is 7.16. The maximum Gasteiger partial charge on any atom is 0.355 e. The first-order valence-corrected chi connectivity index (χ1v) is 7.40. The van der Waals surface area contributed by atoms with Gasteiger partial charge in [0.05, 0.1) is 5.92 Å². The maximum atomic E-state index is 12.2. The Morgan fingerprint density at radius 1 is 1.43 bits per heavy atom. The van der Waals surface area contributed by atoms with Crippen molar-refractivity contribution in [1.82, 2.24) is 4.98 Å². The number of nitrogens with one attached hydrogen (secondary N) is 1. The fourth-order valence-electron chi connectivity index (χ4n) is 1.68.